The van der Waals surface area contributed by atoms with E-state index in [2.05, 4.69) is 0 Å². The van der Waals surface area contributed by atoms with Crippen molar-refractivity contribution in [1.82, 2.24) is 0 Å². The van der Waals surface area contributed by atoms with Crippen LogP contribution in [0.5, 0.6) is 0 Å². The van der Waals surface area contributed by atoms with E-state index in [4.69, 9.17) is 10.2 Å². The van der Waals surface area contributed by atoms with E-state index >= 15 is 0 Å². The van der Waals surface area contributed by atoms with Gasteiger partial charge in [-0.3, -0.25) is 4.79 Å². The highest BCUT2D eigenvalue weighted by Gasteiger charge is 2.16. The molecule has 26 heavy (non-hydrogen) atoms. The largest absolute Gasteiger partial charge is 0.478 e. The second kappa shape index (κ2) is 8.07. The summed E-state index contributed by atoms with van der Waals surface area (Å²) < 4.78 is 0. The van der Waals surface area contributed by atoms with Crippen LogP contribution < -0.4 is 0 Å². The molecule has 0 spiro atoms. The number of hydrogen-bond donors (Lipinski definition) is 2. The fourth-order valence-electron chi connectivity index (χ4n) is 2.39. The highest BCUT2D eigenvalue weighted by atomic mass is 16.4. The van der Waals surface area contributed by atoms with Gasteiger partial charge in [-0.2, -0.15) is 0 Å². The Bertz CT molecular complexity index is 859. The van der Waals surface area contributed by atoms with Gasteiger partial charge in [0.2, 0.25) is 0 Å². The molecule has 0 aliphatic rings. The monoisotopic (exact) mass is 350 g/mol. The molecule has 0 heterocycles. The Balaban J connectivity index is 2.56. The first-order valence-electron chi connectivity index (χ1n) is 7.87. The van der Waals surface area contributed by atoms with Gasteiger partial charge in [0.15, 0.2) is 5.78 Å². The van der Waals surface area contributed by atoms with E-state index in [0.717, 1.165) is 0 Å². The summed E-state index contributed by atoms with van der Waals surface area (Å²) >= 11 is 0. The Morgan fingerprint density at radius 2 is 1.04 bits per heavy atom. The second-order valence-corrected chi connectivity index (χ2v) is 5.77. The molecule has 0 fully saturated rings. The van der Waals surface area contributed by atoms with Gasteiger partial charge < -0.3 is 10.2 Å². The molecule has 2 aromatic carbocycles. The molecular formula is C21H18O5. The van der Waals surface area contributed by atoms with E-state index in [0.29, 0.717) is 22.3 Å². The zero-order valence-electron chi connectivity index (χ0n) is 14.4. The number of carboxylic acids is 2. The van der Waals surface area contributed by atoms with Crippen LogP contribution >= 0.6 is 0 Å². The summed E-state index contributed by atoms with van der Waals surface area (Å²) in [6, 6.07) is 13.4. The first-order valence-corrected chi connectivity index (χ1v) is 7.87. The SMILES string of the molecule is CC(=Cc1ccccc1C(=O)c1ccccc1C=C(C)C(=O)O)C(=O)O. The lowest BCUT2D eigenvalue weighted by molar-refractivity contribution is -0.133. The zero-order valence-corrected chi connectivity index (χ0v) is 14.4. The van der Waals surface area contributed by atoms with Gasteiger partial charge in [0.1, 0.15) is 0 Å². The van der Waals surface area contributed by atoms with Gasteiger partial charge in [0, 0.05) is 22.3 Å². The first-order chi connectivity index (χ1) is 12.3. The van der Waals surface area contributed by atoms with Gasteiger partial charge in [-0.15, -0.1) is 0 Å². The van der Waals surface area contributed by atoms with E-state index in [9.17, 15) is 14.4 Å². The predicted molar refractivity (Wildman–Crippen MR) is 98.9 cm³/mol. The van der Waals surface area contributed by atoms with Crippen molar-refractivity contribution in [3.8, 4) is 0 Å². The topological polar surface area (TPSA) is 91.7 Å². The van der Waals surface area contributed by atoms with Crippen molar-refractivity contribution in [3.05, 3.63) is 81.9 Å². The molecule has 0 amide bonds. The van der Waals surface area contributed by atoms with Crippen molar-refractivity contribution in [2.45, 2.75) is 13.8 Å². The standard InChI is InChI=1S/C21H18O5/c1-13(20(23)24)11-15-7-3-5-9-17(15)19(22)18-10-6-4-8-16(18)12-14(2)21(25)26/h3-12H,1-2H3,(H,23,24)(H,25,26). The van der Waals surface area contributed by atoms with Crippen LogP contribution in [0.25, 0.3) is 12.2 Å². The average Bonchev–Trinajstić information content (AvgIpc) is 2.61. The normalized spacial score (nSPS) is 11.9. The molecule has 5 nitrogen and oxygen atoms in total. The van der Waals surface area contributed by atoms with Gasteiger partial charge in [-0.25, -0.2) is 9.59 Å². The van der Waals surface area contributed by atoms with Gasteiger partial charge in [0.25, 0.3) is 0 Å². The Hall–Kier alpha value is -3.47. The van der Waals surface area contributed by atoms with E-state index in [1.807, 2.05) is 0 Å². The molecule has 2 N–H and O–H groups in total. The molecule has 0 aromatic heterocycles. The zero-order chi connectivity index (χ0) is 19.3. The molecule has 0 unspecified atom stereocenters. The maximum atomic E-state index is 13.0. The number of benzene rings is 2. The smallest absolute Gasteiger partial charge is 0.331 e. The summed E-state index contributed by atoms with van der Waals surface area (Å²) in [4.78, 5) is 35.2. The second-order valence-electron chi connectivity index (χ2n) is 5.77. The van der Waals surface area contributed by atoms with Gasteiger partial charge in [-0.05, 0) is 37.1 Å². The molecule has 0 aliphatic heterocycles. The molecule has 132 valence electrons. The Labute approximate surface area is 150 Å². The molecular weight excluding hydrogens is 332 g/mol. The average molecular weight is 350 g/mol. The van der Waals surface area contributed by atoms with Crippen molar-refractivity contribution in [1.29, 1.82) is 0 Å². The van der Waals surface area contributed by atoms with E-state index in [1.165, 1.54) is 26.0 Å². The minimum atomic E-state index is -1.06. The van der Waals surface area contributed by atoms with Crippen molar-refractivity contribution < 1.29 is 24.6 Å². The third kappa shape index (κ3) is 4.33. The Morgan fingerprint density at radius 1 is 0.692 bits per heavy atom. The van der Waals surface area contributed by atoms with Crippen LogP contribution in [0.3, 0.4) is 0 Å². The first kappa shape index (κ1) is 18.9. The molecule has 2 aromatic rings. The van der Waals surface area contributed by atoms with Gasteiger partial charge in [0.05, 0.1) is 0 Å². The number of carboxylic acid groups (broad SMARTS) is 2. The van der Waals surface area contributed by atoms with Crippen LogP contribution in [0.15, 0.2) is 59.7 Å². The quantitative estimate of drug-likeness (QED) is 0.609. The summed E-state index contributed by atoms with van der Waals surface area (Å²) in [5.41, 5.74) is 1.90. The fraction of sp³-hybridized carbons (Fsp3) is 0.0952. The summed E-state index contributed by atoms with van der Waals surface area (Å²) in [5.74, 6) is -2.43. The number of carbonyl (C=O) groups excluding carboxylic acids is 1. The number of aliphatic carboxylic acids is 2. The van der Waals surface area contributed by atoms with Crippen molar-refractivity contribution in [2.24, 2.45) is 0 Å². The van der Waals surface area contributed by atoms with Crippen LogP contribution in [0.4, 0.5) is 0 Å². The molecule has 0 saturated heterocycles. The molecule has 0 atom stereocenters. The maximum absolute atomic E-state index is 13.0. The lowest BCUT2D eigenvalue weighted by Crippen LogP contribution is -2.07. The molecule has 5 heteroatoms. The Kier molecular flexibility index (Phi) is 5.86. The summed E-state index contributed by atoms with van der Waals surface area (Å²) in [6.45, 7) is 2.91. The number of ketones is 1. The van der Waals surface area contributed by atoms with Crippen molar-refractivity contribution in [3.63, 3.8) is 0 Å². The molecule has 0 radical (unpaired) electrons. The van der Waals surface area contributed by atoms with Crippen molar-refractivity contribution >= 4 is 29.9 Å². The minimum Gasteiger partial charge on any atom is -0.478 e. The molecule has 0 saturated carbocycles. The minimum absolute atomic E-state index is 0.111. The van der Waals surface area contributed by atoms with Crippen LogP contribution in [-0.4, -0.2) is 27.9 Å². The Morgan fingerprint density at radius 3 is 1.38 bits per heavy atom. The maximum Gasteiger partial charge on any atom is 0.331 e. The third-order valence-electron chi connectivity index (χ3n) is 3.83. The van der Waals surface area contributed by atoms with Crippen LogP contribution in [0, 0.1) is 0 Å². The number of hydrogen-bond acceptors (Lipinski definition) is 3. The van der Waals surface area contributed by atoms with E-state index < -0.39 is 11.9 Å². The van der Waals surface area contributed by atoms with Crippen molar-refractivity contribution in [2.75, 3.05) is 0 Å². The fourth-order valence-corrected chi connectivity index (χ4v) is 2.39. The summed E-state index contributed by atoms with van der Waals surface area (Å²) in [7, 11) is 0. The van der Waals surface area contributed by atoms with Crippen LogP contribution in [0.2, 0.25) is 0 Å². The summed E-state index contributed by atoms with van der Waals surface area (Å²) in [6.07, 6.45) is 2.88. The lowest BCUT2D eigenvalue weighted by Gasteiger charge is -2.09. The van der Waals surface area contributed by atoms with Crippen LogP contribution in [0.1, 0.15) is 40.9 Å². The lowest BCUT2D eigenvalue weighted by atomic mass is 9.93. The highest BCUT2D eigenvalue weighted by Crippen LogP contribution is 2.21. The molecule has 0 bridgehead atoms. The van der Waals surface area contributed by atoms with Gasteiger partial charge >= 0.3 is 11.9 Å². The van der Waals surface area contributed by atoms with E-state index in [1.54, 1.807) is 48.5 Å². The summed E-state index contributed by atoms with van der Waals surface area (Å²) in [5, 5.41) is 18.1. The van der Waals surface area contributed by atoms with Gasteiger partial charge in [-0.1, -0.05) is 48.5 Å². The molecule has 0 aliphatic carbocycles. The third-order valence-corrected chi connectivity index (χ3v) is 3.83. The number of rotatable bonds is 6. The highest BCUT2D eigenvalue weighted by molar-refractivity contribution is 6.13. The predicted octanol–water partition coefficient (Wildman–Crippen LogP) is 3.89. The van der Waals surface area contributed by atoms with Crippen LogP contribution in [-0.2, 0) is 9.59 Å². The van der Waals surface area contributed by atoms with E-state index in [-0.39, 0.29) is 16.9 Å². The number of carbonyl (C=O) groups is 3. The molecule has 2 rings (SSSR count).